The molecule has 0 saturated heterocycles. The lowest BCUT2D eigenvalue weighted by Gasteiger charge is -2.20. The molecule has 0 aromatic heterocycles. The molecule has 0 saturated carbocycles. The Bertz CT molecular complexity index is 204. The summed E-state index contributed by atoms with van der Waals surface area (Å²) in [5, 5.41) is 3.31. The molecule has 0 spiro atoms. The molecule has 0 rings (SSSR count). The van der Waals surface area contributed by atoms with Crippen molar-refractivity contribution in [1.82, 2.24) is 5.32 Å². The summed E-state index contributed by atoms with van der Waals surface area (Å²) in [6, 6.07) is 0. The van der Waals surface area contributed by atoms with E-state index in [1.807, 2.05) is 0 Å². The number of rotatable bonds is 5. The minimum atomic E-state index is -0.305. The summed E-state index contributed by atoms with van der Waals surface area (Å²) in [6.07, 6.45) is 0.830. The zero-order chi connectivity index (χ0) is 11.2. The predicted molar refractivity (Wildman–Crippen MR) is 58.1 cm³/mol. The summed E-state index contributed by atoms with van der Waals surface area (Å²) in [5.74, 6) is -0.305. The normalized spacial score (nSPS) is 11.1. The number of esters is 1. The van der Waals surface area contributed by atoms with Crippen molar-refractivity contribution in [2.75, 3.05) is 13.2 Å². The SMILES string of the molecule is C=C(C)C(=O)OCCCNC(C)(C)C. The highest BCUT2D eigenvalue weighted by Crippen LogP contribution is 1.98. The average molecular weight is 199 g/mol. The third-order valence-corrected chi connectivity index (χ3v) is 1.56. The van der Waals surface area contributed by atoms with E-state index in [2.05, 4.69) is 32.7 Å². The van der Waals surface area contributed by atoms with Gasteiger partial charge in [-0.2, -0.15) is 0 Å². The van der Waals surface area contributed by atoms with Crippen LogP contribution in [0.25, 0.3) is 0 Å². The van der Waals surface area contributed by atoms with Crippen molar-refractivity contribution >= 4 is 5.97 Å². The summed E-state index contributed by atoms with van der Waals surface area (Å²) in [6.45, 7) is 12.8. The number of hydrogen-bond donors (Lipinski definition) is 1. The fraction of sp³-hybridized carbons (Fsp3) is 0.727. The van der Waals surface area contributed by atoms with Gasteiger partial charge in [0.05, 0.1) is 6.61 Å². The van der Waals surface area contributed by atoms with Gasteiger partial charge in [0.15, 0.2) is 0 Å². The molecule has 0 amide bonds. The second-order valence-corrected chi connectivity index (χ2v) is 4.45. The Labute approximate surface area is 86.5 Å². The molecule has 14 heavy (non-hydrogen) atoms. The molecule has 3 nitrogen and oxygen atoms in total. The molecular formula is C11H21NO2. The van der Waals surface area contributed by atoms with E-state index in [9.17, 15) is 4.79 Å². The average Bonchev–Trinajstić information content (AvgIpc) is 2.01. The molecule has 0 unspecified atom stereocenters. The van der Waals surface area contributed by atoms with Crippen molar-refractivity contribution in [3.05, 3.63) is 12.2 Å². The number of nitrogens with one attached hydrogen (secondary N) is 1. The number of carbonyl (C=O) groups is 1. The number of carbonyl (C=O) groups excluding carboxylic acids is 1. The van der Waals surface area contributed by atoms with E-state index in [4.69, 9.17) is 4.74 Å². The van der Waals surface area contributed by atoms with Gasteiger partial charge in [0.1, 0.15) is 0 Å². The zero-order valence-corrected chi connectivity index (χ0v) is 9.64. The third kappa shape index (κ3) is 7.80. The zero-order valence-electron chi connectivity index (χ0n) is 9.64. The highest BCUT2D eigenvalue weighted by atomic mass is 16.5. The molecule has 0 radical (unpaired) electrons. The van der Waals surface area contributed by atoms with Gasteiger partial charge in [-0.1, -0.05) is 6.58 Å². The molecule has 0 heterocycles. The van der Waals surface area contributed by atoms with E-state index >= 15 is 0 Å². The Balaban J connectivity index is 3.39. The largest absolute Gasteiger partial charge is 0.462 e. The molecule has 3 heteroatoms. The molecule has 82 valence electrons. The van der Waals surface area contributed by atoms with Gasteiger partial charge >= 0.3 is 5.97 Å². The van der Waals surface area contributed by atoms with Crippen LogP contribution in [-0.4, -0.2) is 24.7 Å². The van der Waals surface area contributed by atoms with Gasteiger partial charge in [0.25, 0.3) is 0 Å². The van der Waals surface area contributed by atoms with Crippen LogP contribution in [0.3, 0.4) is 0 Å². The van der Waals surface area contributed by atoms with Crippen LogP contribution in [0, 0.1) is 0 Å². The molecule has 0 atom stereocenters. The van der Waals surface area contributed by atoms with E-state index in [-0.39, 0.29) is 11.5 Å². The third-order valence-electron chi connectivity index (χ3n) is 1.56. The molecule has 0 fully saturated rings. The maximum atomic E-state index is 11.0. The summed E-state index contributed by atoms with van der Waals surface area (Å²) >= 11 is 0. The van der Waals surface area contributed by atoms with Gasteiger partial charge in [-0.25, -0.2) is 4.79 Å². The van der Waals surface area contributed by atoms with Crippen LogP contribution in [0.4, 0.5) is 0 Å². The second-order valence-electron chi connectivity index (χ2n) is 4.45. The fourth-order valence-corrected chi connectivity index (χ4v) is 0.824. The second kappa shape index (κ2) is 5.81. The van der Waals surface area contributed by atoms with Gasteiger partial charge in [0.2, 0.25) is 0 Å². The van der Waals surface area contributed by atoms with Gasteiger partial charge in [0, 0.05) is 11.1 Å². The number of hydrogen-bond acceptors (Lipinski definition) is 3. The van der Waals surface area contributed by atoms with Crippen LogP contribution in [0.2, 0.25) is 0 Å². The Kier molecular flexibility index (Phi) is 5.46. The summed E-state index contributed by atoms with van der Waals surface area (Å²) in [7, 11) is 0. The topological polar surface area (TPSA) is 38.3 Å². The van der Waals surface area contributed by atoms with Crippen molar-refractivity contribution in [2.24, 2.45) is 0 Å². The Morgan fingerprint density at radius 1 is 1.43 bits per heavy atom. The van der Waals surface area contributed by atoms with E-state index in [0.717, 1.165) is 13.0 Å². The van der Waals surface area contributed by atoms with E-state index in [0.29, 0.717) is 12.2 Å². The molecule has 0 aromatic carbocycles. The monoisotopic (exact) mass is 199 g/mol. The predicted octanol–water partition coefficient (Wildman–Crippen LogP) is 1.88. The molecule has 0 bridgehead atoms. The summed E-state index contributed by atoms with van der Waals surface area (Å²) < 4.78 is 4.94. The lowest BCUT2D eigenvalue weighted by atomic mass is 10.1. The molecule has 0 aliphatic carbocycles. The van der Waals surface area contributed by atoms with Gasteiger partial charge in [-0.3, -0.25) is 0 Å². The highest BCUT2D eigenvalue weighted by molar-refractivity contribution is 5.86. The fourth-order valence-electron chi connectivity index (χ4n) is 0.824. The van der Waals surface area contributed by atoms with Gasteiger partial charge < -0.3 is 10.1 Å². The quantitative estimate of drug-likeness (QED) is 0.417. The van der Waals surface area contributed by atoms with Gasteiger partial charge in [-0.05, 0) is 40.7 Å². The first-order valence-electron chi connectivity index (χ1n) is 4.90. The van der Waals surface area contributed by atoms with Crippen LogP contribution in [0.5, 0.6) is 0 Å². The Hall–Kier alpha value is -0.830. The van der Waals surface area contributed by atoms with Crippen molar-refractivity contribution in [3.8, 4) is 0 Å². The minimum Gasteiger partial charge on any atom is -0.462 e. The van der Waals surface area contributed by atoms with Crippen molar-refractivity contribution in [1.29, 1.82) is 0 Å². The maximum absolute atomic E-state index is 11.0. The Morgan fingerprint density at radius 3 is 2.43 bits per heavy atom. The molecule has 0 aliphatic heterocycles. The first-order chi connectivity index (χ1) is 6.33. The van der Waals surface area contributed by atoms with E-state index in [1.165, 1.54) is 0 Å². The maximum Gasteiger partial charge on any atom is 0.333 e. The summed E-state index contributed by atoms with van der Waals surface area (Å²) in [4.78, 5) is 11.0. The van der Waals surface area contributed by atoms with E-state index < -0.39 is 0 Å². The van der Waals surface area contributed by atoms with Crippen LogP contribution >= 0.6 is 0 Å². The molecule has 0 aliphatic rings. The van der Waals surface area contributed by atoms with Gasteiger partial charge in [-0.15, -0.1) is 0 Å². The van der Waals surface area contributed by atoms with Crippen molar-refractivity contribution in [3.63, 3.8) is 0 Å². The van der Waals surface area contributed by atoms with Crippen LogP contribution in [-0.2, 0) is 9.53 Å². The van der Waals surface area contributed by atoms with E-state index in [1.54, 1.807) is 6.92 Å². The van der Waals surface area contributed by atoms with Crippen LogP contribution < -0.4 is 5.32 Å². The molecule has 1 N–H and O–H groups in total. The van der Waals surface area contributed by atoms with Crippen molar-refractivity contribution in [2.45, 2.75) is 39.7 Å². The summed E-state index contributed by atoms with van der Waals surface area (Å²) in [5.41, 5.74) is 0.576. The standard InChI is InChI=1S/C11H21NO2/c1-9(2)10(13)14-8-6-7-12-11(3,4)5/h12H,1,6-8H2,2-5H3. The lowest BCUT2D eigenvalue weighted by Crippen LogP contribution is -2.36. The smallest absolute Gasteiger partial charge is 0.333 e. The first kappa shape index (κ1) is 13.2. The van der Waals surface area contributed by atoms with Crippen LogP contribution in [0.15, 0.2) is 12.2 Å². The minimum absolute atomic E-state index is 0.123. The first-order valence-corrected chi connectivity index (χ1v) is 4.90. The Morgan fingerprint density at radius 2 is 2.00 bits per heavy atom. The lowest BCUT2D eigenvalue weighted by molar-refractivity contribution is -0.139. The van der Waals surface area contributed by atoms with Crippen LogP contribution in [0.1, 0.15) is 34.1 Å². The van der Waals surface area contributed by atoms with Crippen molar-refractivity contribution < 1.29 is 9.53 Å². The highest BCUT2D eigenvalue weighted by Gasteiger charge is 2.07. The molecule has 0 aromatic rings. The molecular weight excluding hydrogens is 178 g/mol. The number of ether oxygens (including phenoxy) is 1.